The lowest BCUT2D eigenvalue weighted by atomic mass is 10.2. The molecule has 1 aliphatic rings. The number of benzene rings is 1. The number of anilines is 1. The monoisotopic (exact) mass is 440 g/mol. The minimum Gasteiger partial charge on any atom is -0.322 e. The van der Waals surface area contributed by atoms with Crippen LogP contribution in [0.3, 0.4) is 0 Å². The van der Waals surface area contributed by atoms with Gasteiger partial charge in [0.15, 0.2) is 0 Å². The number of carbonyl (C=O) groups excluding carboxylic acids is 1. The van der Waals surface area contributed by atoms with Crippen molar-refractivity contribution in [2.45, 2.75) is 31.6 Å². The molecule has 1 aliphatic heterocycles. The Balaban J connectivity index is 1.60. The summed E-state index contributed by atoms with van der Waals surface area (Å²) < 4.78 is 31.4. The zero-order valence-corrected chi connectivity index (χ0v) is 18.4. The van der Waals surface area contributed by atoms with E-state index >= 15 is 0 Å². The first-order valence-electron chi connectivity index (χ1n) is 9.91. The molecule has 1 amide bonds. The summed E-state index contributed by atoms with van der Waals surface area (Å²) in [6.07, 6.45) is 2.95. The zero-order chi connectivity index (χ0) is 22.2. The summed E-state index contributed by atoms with van der Waals surface area (Å²) in [6.45, 7) is 4.54. The van der Waals surface area contributed by atoms with Gasteiger partial charge in [-0.3, -0.25) is 19.2 Å². The predicted molar refractivity (Wildman–Crippen MR) is 118 cm³/mol. The van der Waals surface area contributed by atoms with Crippen LogP contribution in [-0.2, 0) is 17.1 Å². The molecule has 4 rings (SSSR count). The summed E-state index contributed by atoms with van der Waals surface area (Å²) in [4.78, 5) is 17.3. The molecule has 0 radical (unpaired) electrons. The standard InChI is InChI=1S/C21H24N6O3S/c1-14-9-10-15(2)27(14)21-18(13-23-26(21)3)20(28)24-16-6-4-7-17(12-16)31(29,30)25-19-8-5-11-22-19/h4,6-7,9-10,12-13H,5,8,11H2,1-3H3,(H,22,25)(H,24,28). The number of sulfonamides is 1. The van der Waals surface area contributed by atoms with Crippen LogP contribution in [0, 0.1) is 13.8 Å². The predicted octanol–water partition coefficient (Wildman–Crippen LogP) is 2.55. The molecule has 10 heteroatoms. The van der Waals surface area contributed by atoms with Crippen LogP contribution >= 0.6 is 0 Å². The molecular formula is C21H24N6O3S. The van der Waals surface area contributed by atoms with E-state index in [2.05, 4.69) is 20.1 Å². The van der Waals surface area contributed by atoms with Gasteiger partial charge in [-0.25, -0.2) is 8.42 Å². The number of aliphatic imine (C=N–C) groups is 1. The Morgan fingerprint density at radius 3 is 2.55 bits per heavy atom. The molecule has 2 aromatic heterocycles. The van der Waals surface area contributed by atoms with Crippen molar-refractivity contribution in [3.8, 4) is 5.82 Å². The molecule has 0 atom stereocenters. The van der Waals surface area contributed by atoms with Crippen LogP contribution in [0.4, 0.5) is 5.69 Å². The van der Waals surface area contributed by atoms with Gasteiger partial charge in [0, 0.05) is 37.1 Å². The van der Waals surface area contributed by atoms with Crippen LogP contribution in [0.1, 0.15) is 34.6 Å². The van der Waals surface area contributed by atoms with Gasteiger partial charge >= 0.3 is 0 Å². The third-order valence-electron chi connectivity index (χ3n) is 5.16. The third-order valence-corrected chi connectivity index (χ3v) is 6.54. The molecule has 0 spiro atoms. The summed E-state index contributed by atoms with van der Waals surface area (Å²) in [5.41, 5.74) is 2.71. The van der Waals surface area contributed by atoms with E-state index < -0.39 is 10.0 Å². The second-order valence-electron chi connectivity index (χ2n) is 7.48. The van der Waals surface area contributed by atoms with Gasteiger partial charge in [-0.1, -0.05) is 6.07 Å². The highest BCUT2D eigenvalue weighted by atomic mass is 32.2. The van der Waals surface area contributed by atoms with Crippen LogP contribution in [0.15, 0.2) is 52.5 Å². The number of hydrogen-bond acceptors (Lipinski definition) is 5. The van der Waals surface area contributed by atoms with Crippen LogP contribution in [0.2, 0.25) is 0 Å². The Labute approximate surface area is 180 Å². The molecule has 31 heavy (non-hydrogen) atoms. The van der Waals surface area contributed by atoms with Gasteiger partial charge in [-0.05, 0) is 50.6 Å². The Morgan fingerprint density at radius 1 is 1.13 bits per heavy atom. The van der Waals surface area contributed by atoms with Crippen LogP contribution in [0.25, 0.3) is 5.82 Å². The topological polar surface area (TPSA) is 110 Å². The van der Waals surface area contributed by atoms with E-state index in [4.69, 9.17) is 0 Å². The molecule has 0 saturated carbocycles. The van der Waals surface area contributed by atoms with Crippen molar-refractivity contribution in [1.82, 2.24) is 19.1 Å². The molecule has 162 valence electrons. The van der Waals surface area contributed by atoms with Crippen molar-refractivity contribution < 1.29 is 13.2 Å². The fourth-order valence-corrected chi connectivity index (χ4v) is 4.77. The lowest BCUT2D eigenvalue weighted by Crippen LogP contribution is -2.29. The number of amidine groups is 1. The van der Waals surface area contributed by atoms with Crippen LogP contribution < -0.4 is 10.0 Å². The first-order valence-corrected chi connectivity index (χ1v) is 11.4. The van der Waals surface area contributed by atoms with Crippen molar-refractivity contribution in [3.05, 3.63) is 59.5 Å². The second-order valence-corrected chi connectivity index (χ2v) is 9.16. The van der Waals surface area contributed by atoms with E-state index in [1.54, 1.807) is 23.9 Å². The first-order chi connectivity index (χ1) is 14.8. The minimum atomic E-state index is -3.77. The number of nitrogens with one attached hydrogen (secondary N) is 2. The van der Waals surface area contributed by atoms with Crippen molar-refractivity contribution in [2.75, 3.05) is 11.9 Å². The molecular weight excluding hydrogens is 416 g/mol. The van der Waals surface area contributed by atoms with E-state index in [0.29, 0.717) is 35.9 Å². The summed E-state index contributed by atoms with van der Waals surface area (Å²) >= 11 is 0. The summed E-state index contributed by atoms with van der Waals surface area (Å²) in [7, 11) is -2.00. The highest BCUT2D eigenvalue weighted by Gasteiger charge is 2.22. The van der Waals surface area contributed by atoms with Gasteiger partial charge in [0.1, 0.15) is 17.2 Å². The molecule has 1 aromatic carbocycles. The molecule has 0 saturated heterocycles. The number of hydrogen-bond donors (Lipinski definition) is 2. The fraction of sp³-hybridized carbons (Fsp3) is 0.286. The van der Waals surface area contributed by atoms with E-state index in [1.807, 2.05) is 30.5 Å². The maximum absolute atomic E-state index is 13.0. The molecule has 3 aromatic rings. The van der Waals surface area contributed by atoms with Gasteiger partial charge in [-0.15, -0.1) is 0 Å². The Morgan fingerprint density at radius 2 is 1.87 bits per heavy atom. The average Bonchev–Trinajstić information content (AvgIpc) is 3.43. The minimum absolute atomic E-state index is 0.0587. The number of rotatable bonds is 5. The lowest BCUT2D eigenvalue weighted by molar-refractivity contribution is 0.102. The van der Waals surface area contributed by atoms with E-state index in [1.165, 1.54) is 18.3 Å². The lowest BCUT2D eigenvalue weighted by Gasteiger charge is -2.13. The normalized spacial score (nSPS) is 13.8. The number of carbonyl (C=O) groups is 1. The SMILES string of the molecule is Cc1ccc(C)n1-c1c(C(=O)Nc2cccc(S(=O)(=O)NC3=NCCC3)c2)cnn1C. The maximum atomic E-state index is 13.0. The van der Waals surface area contributed by atoms with Crippen molar-refractivity contribution in [1.29, 1.82) is 0 Å². The Hall–Kier alpha value is -3.40. The summed E-state index contributed by atoms with van der Waals surface area (Å²) in [5.74, 6) is 0.729. The molecule has 2 N–H and O–H groups in total. The van der Waals surface area contributed by atoms with Gasteiger partial charge in [0.2, 0.25) is 0 Å². The number of aromatic nitrogens is 3. The molecule has 0 aliphatic carbocycles. The maximum Gasteiger partial charge on any atom is 0.262 e. The van der Waals surface area contributed by atoms with Gasteiger partial charge in [-0.2, -0.15) is 5.10 Å². The van der Waals surface area contributed by atoms with Crippen molar-refractivity contribution >= 4 is 27.5 Å². The number of aryl methyl sites for hydroxylation is 3. The van der Waals surface area contributed by atoms with Crippen LogP contribution in [-0.4, -0.2) is 41.1 Å². The second kappa shape index (κ2) is 8.03. The molecule has 3 heterocycles. The van der Waals surface area contributed by atoms with E-state index in [9.17, 15) is 13.2 Å². The Bertz CT molecular complexity index is 1270. The number of amides is 1. The largest absolute Gasteiger partial charge is 0.322 e. The van der Waals surface area contributed by atoms with Gasteiger partial charge < -0.3 is 9.88 Å². The molecule has 9 nitrogen and oxygen atoms in total. The zero-order valence-electron chi connectivity index (χ0n) is 17.6. The highest BCUT2D eigenvalue weighted by molar-refractivity contribution is 7.90. The highest BCUT2D eigenvalue weighted by Crippen LogP contribution is 2.22. The van der Waals surface area contributed by atoms with Crippen molar-refractivity contribution in [3.63, 3.8) is 0 Å². The fourth-order valence-electron chi connectivity index (χ4n) is 3.64. The van der Waals surface area contributed by atoms with Gasteiger partial charge in [0.05, 0.1) is 11.1 Å². The quantitative estimate of drug-likeness (QED) is 0.635. The molecule has 0 unspecified atom stereocenters. The number of nitrogens with zero attached hydrogens (tertiary/aromatic N) is 4. The smallest absolute Gasteiger partial charge is 0.262 e. The third kappa shape index (κ3) is 4.11. The molecule has 0 bridgehead atoms. The van der Waals surface area contributed by atoms with Crippen LogP contribution in [0.5, 0.6) is 0 Å². The molecule has 0 fully saturated rings. The first kappa shape index (κ1) is 20.9. The van der Waals surface area contributed by atoms with Gasteiger partial charge in [0.25, 0.3) is 15.9 Å². The average molecular weight is 441 g/mol. The van der Waals surface area contributed by atoms with Crippen molar-refractivity contribution in [2.24, 2.45) is 12.0 Å². The summed E-state index contributed by atoms with van der Waals surface area (Å²) in [5, 5.41) is 7.04. The summed E-state index contributed by atoms with van der Waals surface area (Å²) in [6, 6.07) is 10.1. The Kier molecular flexibility index (Phi) is 5.40. The van der Waals surface area contributed by atoms with E-state index in [-0.39, 0.29) is 10.8 Å². The van der Waals surface area contributed by atoms with E-state index in [0.717, 1.165) is 17.8 Å².